The summed E-state index contributed by atoms with van der Waals surface area (Å²) in [6.45, 7) is 8.88. The highest BCUT2D eigenvalue weighted by molar-refractivity contribution is 7.90. The van der Waals surface area contributed by atoms with Crippen molar-refractivity contribution in [3.05, 3.63) is 65.9 Å². The Bertz CT molecular complexity index is 1230. The maximum atomic E-state index is 12.8. The van der Waals surface area contributed by atoms with Crippen molar-refractivity contribution in [3.8, 4) is 5.69 Å². The largest absolute Gasteiger partial charge is 0.336 e. The second kappa shape index (κ2) is 9.67. The van der Waals surface area contributed by atoms with E-state index in [0.29, 0.717) is 6.54 Å². The molecule has 1 aliphatic rings. The summed E-state index contributed by atoms with van der Waals surface area (Å²) in [5, 5.41) is 3.86. The fourth-order valence-electron chi connectivity index (χ4n) is 4.04. The van der Waals surface area contributed by atoms with E-state index in [2.05, 4.69) is 14.6 Å². The number of carbonyl (C=O) groups excluding carboxylic acids is 1. The van der Waals surface area contributed by atoms with Crippen molar-refractivity contribution in [3.63, 3.8) is 0 Å². The van der Waals surface area contributed by atoms with Gasteiger partial charge in [-0.1, -0.05) is 19.1 Å². The van der Waals surface area contributed by atoms with Crippen LogP contribution in [0.2, 0.25) is 0 Å². The molecule has 2 aromatic carbocycles. The molecule has 2 N–H and O–H groups in total. The first-order valence-corrected chi connectivity index (χ1v) is 13.0. The van der Waals surface area contributed by atoms with Crippen LogP contribution in [0.3, 0.4) is 0 Å². The summed E-state index contributed by atoms with van der Waals surface area (Å²) in [6.07, 6.45) is 2.01. The number of nitrogens with one attached hydrogen (secondary N) is 2. The van der Waals surface area contributed by atoms with Crippen molar-refractivity contribution < 1.29 is 13.2 Å². The molecule has 0 saturated carbocycles. The van der Waals surface area contributed by atoms with Gasteiger partial charge in [-0.15, -0.1) is 0 Å². The zero-order valence-electron chi connectivity index (χ0n) is 19.4. The molecule has 8 heteroatoms. The summed E-state index contributed by atoms with van der Waals surface area (Å²) in [6, 6.07) is 16.1. The summed E-state index contributed by atoms with van der Waals surface area (Å²) >= 11 is 0. The Morgan fingerprint density at radius 2 is 1.73 bits per heavy atom. The van der Waals surface area contributed by atoms with Crippen LogP contribution in [0, 0.1) is 0 Å². The molecule has 1 aromatic heterocycles. The van der Waals surface area contributed by atoms with Crippen molar-refractivity contribution >= 4 is 26.8 Å². The van der Waals surface area contributed by atoms with Gasteiger partial charge in [-0.3, -0.25) is 4.79 Å². The Labute approximate surface area is 195 Å². The van der Waals surface area contributed by atoms with Crippen LogP contribution in [-0.4, -0.2) is 61.8 Å². The van der Waals surface area contributed by atoms with Gasteiger partial charge in [0.2, 0.25) is 10.0 Å². The molecule has 33 heavy (non-hydrogen) atoms. The van der Waals surface area contributed by atoms with E-state index in [-0.39, 0.29) is 11.8 Å². The second-order valence-electron chi connectivity index (χ2n) is 8.94. The van der Waals surface area contributed by atoms with E-state index >= 15 is 0 Å². The Balaban J connectivity index is 1.49. The quantitative estimate of drug-likeness (QED) is 0.558. The van der Waals surface area contributed by atoms with Gasteiger partial charge in [-0.2, -0.15) is 0 Å². The van der Waals surface area contributed by atoms with Crippen LogP contribution in [0.4, 0.5) is 0 Å². The average Bonchev–Trinajstić information content (AvgIpc) is 3.26. The van der Waals surface area contributed by atoms with Crippen LogP contribution in [0.5, 0.6) is 0 Å². The number of benzene rings is 2. The number of carbonyl (C=O) groups is 1. The minimum absolute atomic E-state index is 0.0625. The number of piperazine rings is 1. The van der Waals surface area contributed by atoms with E-state index < -0.39 is 15.3 Å². The number of sulfonamides is 1. The lowest BCUT2D eigenvalue weighted by Gasteiger charge is -2.27. The van der Waals surface area contributed by atoms with Crippen molar-refractivity contribution in [2.24, 2.45) is 0 Å². The zero-order chi connectivity index (χ0) is 23.6. The lowest BCUT2D eigenvalue weighted by atomic mass is 10.0. The van der Waals surface area contributed by atoms with Gasteiger partial charge in [0.1, 0.15) is 0 Å². The summed E-state index contributed by atoms with van der Waals surface area (Å²) in [7, 11) is -3.27. The third-order valence-corrected chi connectivity index (χ3v) is 8.10. The molecule has 2 heterocycles. The number of nitrogens with zero attached hydrogens (tertiary/aromatic N) is 2. The highest BCUT2D eigenvalue weighted by Crippen LogP contribution is 2.24. The minimum atomic E-state index is -3.27. The molecule has 0 bridgehead atoms. The smallest absolute Gasteiger partial charge is 0.253 e. The van der Waals surface area contributed by atoms with E-state index in [4.69, 9.17) is 0 Å². The van der Waals surface area contributed by atoms with Gasteiger partial charge in [0, 0.05) is 55.6 Å². The van der Waals surface area contributed by atoms with Gasteiger partial charge in [0.25, 0.3) is 5.91 Å². The van der Waals surface area contributed by atoms with Crippen LogP contribution in [0.25, 0.3) is 16.6 Å². The predicted molar refractivity (Wildman–Crippen MR) is 133 cm³/mol. The van der Waals surface area contributed by atoms with Crippen LogP contribution in [-0.2, 0) is 10.0 Å². The molecule has 3 aromatic rings. The topological polar surface area (TPSA) is 83.4 Å². The summed E-state index contributed by atoms with van der Waals surface area (Å²) in [5.41, 5.74) is 3.85. The molecule has 7 nitrogen and oxygen atoms in total. The first-order chi connectivity index (χ1) is 15.8. The zero-order valence-corrected chi connectivity index (χ0v) is 20.2. The summed E-state index contributed by atoms with van der Waals surface area (Å²) < 4.78 is 28.8. The monoisotopic (exact) mass is 468 g/mol. The maximum Gasteiger partial charge on any atom is 0.253 e. The van der Waals surface area contributed by atoms with Crippen molar-refractivity contribution in [2.75, 3.05) is 32.7 Å². The highest BCUT2D eigenvalue weighted by Gasteiger charge is 2.19. The van der Waals surface area contributed by atoms with Crippen LogP contribution < -0.4 is 10.0 Å². The van der Waals surface area contributed by atoms with Gasteiger partial charge in [-0.25, -0.2) is 13.1 Å². The van der Waals surface area contributed by atoms with Crippen molar-refractivity contribution in [1.29, 1.82) is 0 Å². The Morgan fingerprint density at radius 3 is 2.39 bits per heavy atom. The van der Waals surface area contributed by atoms with Gasteiger partial charge < -0.3 is 14.8 Å². The third-order valence-electron chi connectivity index (χ3n) is 6.29. The summed E-state index contributed by atoms with van der Waals surface area (Å²) in [4.78, 5) is 14.7. The molecular weight excluding hydrogens is 436 g/mol. The molecule has 0 aliphatic carbocycles. The number of aromatic nitrogens is 1. The van der Waals surface area contributed by atoms with Crippen molar-refractivity contribution in [2.45, 2.75) is 31.9 Å². The SMILES string of the molecule is CC(C)S(=O)(=O)NC[C@H](C)c1ccc(-n2ccc3cc(C(=O)N4CCNCC4)ccc32)cc1. The van der Waals surface area contributed by atoms with Gasteiger partial charge >= 0.3 is 0 Å². The second-order valence-corrected chi connectivity index (χ2v) is 11.3. The highest BCUT2D eigenvalue weighted by atomic mass is 32.2. The van der Waals surface area contributed by atoms with Gasteiger partial charge in [0.15, 0.2) is 0 Å². The molecule has 4 rings (SSSR count). The predicted octanol–water partition coefficient (Wildman–Crippen LogP) is 3.11. The third kappa shape index (κ3) is 5.13. The number of hydrogen-bond acceptors (Lipinski definition) is 4. The fourth-order valence-corrected chi connectivity index (χ4v) is 4.86. The standard InChI is InChI=1S/C25H32N4O3S/c1-18(2)33(31,32)27-17-19(3)20-4-7-23(8-5-20)29-13-10-21-16-22(6-9-24(21)29)25(30)28-14-11-26-12-15-28/h4-10,13,16,18-19,26-27H,11-12,14-15,17H2,1-3H3/t19-/m0/s1. The molecule has 1 fully saturated rings. The van der Waals surface area contributed by atoms with E-state index in [0.717, 1.165) is 53.9 Å². The van der Waals surface area contributed by atoms with E-state index in [1.165, 1.54) is 0 Å². The molecule has 1 amide bonds. The number of fused-ring (bicyclic) bond motifs is 1. The lowest BCUT2D eigenvalue weighted by molar-refractivity contribution is 0.0736. The van der Waals surface area contributed by atoms with Crippen molar-refractivity contribution in [1.82, 2.24) is 19.5 Å². The van der Waals surface area contributed by atoms with E-state index in [1.807, 2.05) is 66.6 Å². The number of hydrogen-bond donors (Lipinski definition) is 2. The van der Waals surface area contributed by atoms with Crippen LogP contribution >= 0.6 is 0 Å². The molecule has 0 radical (unpaired) electrons. The van der Waals surface area contributed by atoms with Gasteiger partial charge in [0.05, 0.1) is 10.8 Å². The lowest BCUT2D eigenvalue weighted by Crippen LogP contribution is -2.46. The molecule has 0 spiro atoms. The van der Waals surface area contributed by atoms with E-state index in [9.17, 15) is 13.2 Å². The van der Waals surface area contributed by atoms with Crippen LogP contribution in [0.1, 0.15) is 42.6 Å². The first kappa shape index (κ1) is 23.5. The van der Waals surface area contributed by atoms with Gasteiger partial charge in [-0.05, 0) is 61.7 Å². The Morgan fingerprint density at radius 1 is 1.03 bits per heavy atom. The summed E-state index contributed by atoms with van der Waals surface area (Å²) in [5.74, 6) is 0.144. The molecule has 1 aliphatic heterocycles. The minimum Gasteiger partial charge on any atom is -0.336 e. The molecule has 0 unspecified atom stereocenters. The molecule has 176 valence electrons. The number of amides is 1. The molecule has 1 atom stereocenters. The first-order valence-electron chi connectivity index (χ1n) is 11.5. The molecular formula is C25H32N4O3S. The Kier molecular flexibility index (Phi) is 6.88. The van der Waals surface area contributed by atoms with Crippen LogP contribution in [0.15, 0.2) is 54.7 Å². The Hall–Kier alpha value is -2.68. The molecule has 1 saturated heterocycles. The average molecular weight is 469 g/mol. The normalized spacial score (nSPS) is 15.8. The fraction of sp³-hybridized carbons (Fsp3) is 0.400. The van der Waals surface area contributed by atoms with E-state index in [1.54, 1.807) is 13.8 Å². The number of rotatable bonds is 7. The maximum absolute atomic E-state index is 12.8.